The van der Waals surface area contributed by atoms with Gasteiger partial charge >= 0.3 is 13.7 Å². The van der Waals surface area contributed by atoms with Crippen molar-refractivity contribution < 1.29 is 33.0 Å². The first-order valence-electron chi connectivity index (χ1n) is 15.5. The number of carbonyl (C=O) groups is 2. The molecular weight excluding hydrogens is 581 g/mol. The number of carbonyl (C=O) groups excluding carboxylic acids is 2. The van der Waals surface area contributed by atoms with Gasteiger partial charge in [-0.3, -0.25) is 9.36 Å². The SMILES string of the molecule is CCOP(=O)(OCC)C(O)[C@H](CC1CCNC1=O)NCC(CC1CC2CCC1CC2)NC(=O)OCc1cccc(Cl)c1. The van der Waals surface area contributed by atoms with Crippen molar-refractivity contribution in [2.24, 2.45) is 23.7 Å². The molecule has 1 aromatic carbocycles. The molecule has 236 valence electrons. The van der Waals surface area contributed by atoms with Crippen molar-refractivity contribution in [3.05, 3.63) is 34.9 Å². The third-order valence-corrected chi connectivity index (χ3v) is 11.5. The molecular formula is C30H47ClN3O7P. The molecule has 0 aromatic heterocycles. The highest BCUT2D eigenvalue weighted by Gasteiger charge is 2.43. The van der Waals surface area contributed by atoms with E-state index in [1.807, 2.05) is 12.1 Å². The van der Waals surface area contributed by atoms with Crippen LogP contribution in [0.2, 0.25) is 5.02 Å². The zero-order valence-corrected chi connectivity index (χ0v) is 26.4. The van der Waals surface area contributed by atoms with E-state index < -0.39 is 25.6 Å². The number of aliphatic hydroxyl groups is 1. The number of hydrogen-bond acceptors (Lipinski definition) is 8. The van der Waals surface area contributed by atoms with Crippen LogP contribution in [-0.2, 0) is 29.8 Å². The number of rotatable bonds is 16. The van der Waals surface area contributed by atoms with Crippen molar-refractivity contribution in [3.63, 3.8) is 0 Å². The quantitative estimate of drug-likeness (QED) is 0.183. The van der Waals surface area contributed by atoms with Crippen molar-refractivity contribution in [2.45, 2.75) is 89.7 Å². The van der Waals surface area contributed by atoms with Crippen LogP contribution in [0.25, 0.3) is 0 Å². The summed E-state index contributed by atoms with van der Waals surface area (Å²) in [6.07, 6.45) is 7.26. The van der Waals surface area contributed by atoms with E-state index >= 15 is 0 Å². The predicted molar refractivity (Wildman–Crippen MR) is 161 cm³/mol. The standard InChI is InChI=1S/C30H47ClN3O7P/c1-3-40-42(38,41-4-2)29(36)27(17-23-12-13-32-28(23)35)33-18-26(16-24-14-20-8-10-22(24)11-9-20)34-30(37)39-19-21-6-5-7-25(31)15-21/h5-7,15,20,22-24,26-27,29,33,36H,3-4,8-14,16-19H2,1-2H3,(H,32,35)(H,34,37)/t20?,22?,23?,24?,26?,27-,29?/m0/s1. The Balaban J connectivity index is 1.46. The van der Waals surface area contributed by atoms with Crippen LogP contribution in [0.15, 0.2) is 24.3 Å². The fourth-order valence-electron chi connectivity index (χ4n) is 6.90. The van der Waals surface area contributed by atoms with Crippen molar-refractivity contribution in [1.82, 2.24) is 16.0 Å². The zero-order valence-electron chi connectivity index (χ0n) is 24.8. The first kappa shape index (κ1) is 33.2. The fourth-order valence-corrected chi connectivity index (χ4v) is 8.88. The van der Waals surface area contributed by atoms with Crippen LogP contribution in [0.3, 0.4) is 0 Å². The summed E-state index contributed by atoms with van der Waals surface area (Å²) in [7, 11) is -3.88. The molecule has 0 spiro atoms. The lowest BCUT2D eigenvalue weighted by atomic mass is 9.63. The molecule has 4 N–H and O–H groups in total. The van der Waals surface area contributed by atoms with E-state index in [9.17, 15) is 19.3 Å². The highest BCUT2D eigenvalue weighted by atomic mass is 35.5. The topological polar surface area (TPSA) is 135 Å². The van der Waals surface area contributed by atoms with Crippen molar-refractivity contribution in [2.75, 3.05) is 26.3 Å². The van der Waals surface area contributed by atoms with E-state index in [1.165, 1.54) is 25.7 Å². The van der Waals surface area contributed by atoms with Crippen LogP contribution in [0.1, 0.15) is 70.8 Å². The molecule has 1 heterocycles. The Morgan fingerprint density at radius 3 is 2.48 bits per heavy atom. The molecule has 42 heavy (non-hydrogen) atoms. The fraction of sp³-hybridized carbons (Fsp3) is 0.733. The Kier molecular flexibility index (Phi) is 12.6. The zero-order chi connectivity index (χ0) is 30.1. The van der Waals surface area contributed by atoms with Crippen LogP contribution >= 0.6 is 19.2 Å². The lowest BCUT2D eigenvalue weighted by Gasteiger charge is -2.43. The number of halogens is 1. The van der Waals surface area contributed by atoms with E-state index in [-0.39, 0.29) is 44.1 Å². The number of amides is 2. The molecule has 4 fully saturated rings. The van der Waals surface area contributed by atoms with Crippen LogP contribution in [0, 0.1) is 23.7 Å². The number of alkyl carbamates (subject to hydrolysis) is 1. The van der Waals surface area contributed by atoms with Gasteiger partial charge in [-0.1, -0.05) is 36.6 Å². The van der Waals surface area contributed by atoms with Gasteiger partial charge < -0.3 is 34.8 Å². The largest absolute Gasteiger partial charge is 0.445 e. The first-order chi connectivity index (χ1) is 20.2. The molecule has 4 aliphatic rings. The van der Waals surface area contributed by atoms with Crippen molar-refractivity contribution >= 4 is 31.2 Å². The number of aliphatic hydroxyl groups excluding tert-OH is 1. The first-order valence-corrected chi connectivity index (χ1v) is 17.4. The molecule has 5 atom stereocenters. The van der Waals surface area contributed by atoms with Gasteiger partial charge in [-0.2, -0.15) is 0 Å². The van der Waals surface area contributed by atoms with E-state index in [1.54, 1.807) is 26.0 Å². The Hall–Kier alpha value is -1.68. The molecule has 1 saturated heterocycles. The minimum absolute atomic E-state index is 0.0880. The third kappa shape index (κ3) is 9.16. The normalized spacial score (nSPS) is 26.0. The van der Waals surface area contributed by atoms with Gasteiger partial charge in [0.2, 0.25) is 5.91 Å². The number of nitrogens with one attached hydrogen (secondary N) is 3. The Labute approximate surface area is 254 Å². The molecule has 4 unspecified atom stereocenters. The lowest BCUT2D eigenvalue weighted by Crippen LogP contribution is -2.50. The smallest absolute Gasteiger partial charge is 0.407 e. The lowest BCUT2D eigenvalue weighted by molar-refractivity contribution is -0.122. The van der Waals surface area contributed by atoms with Crippen LogP contribution < -0.4 is 16.0 Å². The highest BCUT2D eigenvalue weighted by molar-refractivity contribution is 7.54. The Bertz CT molecular complexity index is 1080. The maximum Gasteiger partial charge on any atom is 0.407 e. The molecule has 3 saturated carbocycles. The van der Waals surface area contributed by atoms with E-state index in [0.29, 0.717) is 36.4 Å². The van der Waals surface area contributed by atoms with Gasteiger partial charge in [0.25, 0.3) is 0 Å². The molecule has 1 aliphatic heterocycles. The second-order valence-corrected chi connectivity index (χ2v) is 14.4. The molecule has 2 bridgehead atoms. The van der Waals surface area contributed by atoms with Crippen molar-refractivity contribution in [1.29, 1.82) is 0 Å². The number of benzene rings is 1. The summed E-state index contributed by atoms with van der Waals surface area (Å²) >= 11 is 6.07. The maximum absolute atomic E-state index is 13.5. The van der Waals surface area contributed by atoms with Crippen LogP contribution in [-0.4, -0.2) is 61.3 Å². The summed E-state index contributed by atoms with van der Waals surface area (Å²) < 4.78 is 30.0. The molecule has 5 rings (SSSR count). The average Bonchev–Trinajstić information content (AvgIpc) is 3.38. The second kappa shape index (κ2) is 15.9. The molecule has 3 aliphatic carbocycles. The summed E-state index contributed by atoms with van der Waals surface area (Å²) in [5, 5.41) is 21.2. The average molecular weight is 628 g/mol. The number of ether oxygens (including phenoxy) is 1. The summed E-state index contributed by atoms with van der Waals surface area (Å²) in [6, 6.07) is 6.12. The number of hydrogen-bond donors (Lipinski definition) is 4. The second-order valence-electron chi connectivity index (χ2n) is 11.9. The minimum Gasteiger partial charge on any atom is -0.445 e. The summed E-state index contributed by atoms with van der Waals surface area (Å²) in [6.45, 7) is 4.55. The molecule has 2 amide bonds. The molecule has 1 aromatic rings. The van der Waals surface area contributed by atoms with E-state index in [0.717, 1.165) is 24.3 Å². The number of fused-ring (bicyclic) bond motifs is 3. The Morgan fingerprint density at radius 1 is 1.14 bits per heavy atom. The van der Waals surface area contributed by atoms with E-state index in [2.05, 4.69) is 16.0 Å². The van der Waals surface area contributed by atoms with Gasteiger partial charge in [-0.15, -0.1) is 0 Å². The van der Waals surface area contributed by atoms with Gasteiger partial charge in [-0.05, 0) is 87.8 Å². The molecule has 0 radical (unpaired) electrons. The Morgan fingerprint density at radius 2 is 1.88 bits per heavy atom. The monoisotopic (exact) mass is 627 g/mol. The van der Waals surface area contributed by atoms with Crippen LogP contribution in [0.5, 0.6) is 0 Å². The summed E-state index contributed by atoms with van der Waals surface area (Å²) in [5.41, 5.74) is 0.789. The maximum atomic E-state index is 13.5. The van der Waals surface area contributed by atoms with Gasteiger partial charge in [0.05, 0.1) is 13.2 Å². The highest BCUT2D eigenvalue weighted by Crippen LogP contribution is 2.54. The molecule has 10 nitrogen and oxygen atoms in total. The summed E-state index contributed by atoms with van der Waals surface area (Å²) in [5.74, 6) is -0.0406. The van der Waals surface area contributed by atoms with Gasteiger partial charge in [0, 0.05) is 36.1 Å². The summed E-state index contributed by atoms with van der Waals surface area (Å²) in [4.78, 5) is 25.4. The van der Waals surface area contributed by atoms with Gasteiger partial charge in [0.1, 0.15) is 6.61 Å². The van der Waals surface area contributed by atoms with Crippen LogP contribution in [0.4, 0.5) is 4.79 Å². The third-order valence-electron chi connectivity index (χ3n) is 8.99. The molecule has 12 heteroatoms. The van der Waals surface area contributed by atoms with Gasteiger partial charge in [0.15, 0.2) is 5.85 Å². The van der Waals surface area contributed by atoms with E-state index in [4.69, 9.17) is 25.4 Å². The minimum atomic E-state index is -3.88. The predicted octanol–water partition coefficient (Wildman–Crippen LogP) is 5.22. The van der Waals surface area contributed by atoms with Gasteiger partial charge in [-0.25, -0.2) is 4.79 Å². The van der Waals surface area contributed by atoms with Crippen molar-refractivity contribution in [3.8, 4) is 0 Å².